The summed E-state index contributed by atoms with van der Waals surface area (Å²) < 4.78 is 17.7. The standard InChI is InChI=1S/C23H24ClN5O5/c1-2-34-20(30)13-33-11-10-32-9-8-29-7-6-15-16(4-3-5-18(15)29)27-22-21-17(12-19(24)28-22)25-14-26-23(21)31/h3-7,12,14H,2,8-11,13H2,1H3,(H,27,28)(H,25,26,31). The Morgan fingerprint density at radius 2 is 2.06 bits per heavy atom. The molecule has 0 fully saturated rings. The van der Waals surface area contributed by atoms with Gasteiger partial charge in [0.1, 0.15) is 23.0 Å². The Morgan fingerprint density at radius 1 is 1.21 bits per heavy atom. The van der Waals surface area contributed by atoms with Gasteiger partial charge in [-0.1, -0.05) is 17.7 Å². The van der Waals surface area contributed by atoms with Crippen LogP contribution in [0.25, 0.3) is 21.8 Å². The Balaban J connectivity index is 1.41. The van der Waals surface area contributed by atoms with Crippen LogP contribution < -0.4 is 10.9 Å². The maximum absolute atomic E-state index is 12.4. The lowest BCUT2D eigenvalue weighted by molar-refractivity contribution is -0.148. The zero-order valence-corrected chi connectivity index (χ0v) is 19.3. The number of rotatable bonds is 11. The lowest BCUT2D eigenvalue weighted by atomic mass is 10.2. The number of benzene rings is 1. The van der Waals surface area contributed by atoms with E-state index in [0.29, 0.717) is 49.7 Å². The van der Waals surface area contributed by atoms with Gasteiger partial charge in [0, 0.05) is 29.9 Å². The number of nitrogens with zero attached hydrogens (tertiary/aromatic N) is 3. The van der Waals surface area contributed by atoms with Crippen molar-refractivity contribution in [1.82, 2.24) is 19.5 Å². The van der Waals surface area contributed by atoms with E-state index in [1.54, 1.807) is 13.0 Å². The van der Waals surface area contributed by atoms with Crippen molar-refractivity contribution in [1.29, 1.82) is 0 Å². The molecule has 0 aliphatic rings. The third kappa shape index (κ3) is 5.53. The van der Waals surface area contributed by atoms with Crippen molar-refractivity contribution in [2.45, 2.75) is 13.5 Å². The van der Waals surface area contributed by atoms with E-state index >= 15 is 0 Å². The Bertz CT molecular complexity index is 1350. The molecular formula is C23H24ClN5O5. The van der Waals surface area contributed by atoms with Gasteiger partial charge in [0.15, 0.2) is 0 Å². The number of aromatic nitrogens is 4. The van der Waals surface area contributed by atoms with Gasteiger partial charge in [-0.15, -0.1) is 0 Å². The van der Waals surface area contributed by atoms with Crippen molar-refractivity contribution >= 4 is 50.9 Å². The number of nitrogens with one attached hydrogen (secondary N) is 2. The van der Waals surface area contributed by atoms with Crippen LogP contribution in [0.3, 0.4) is 0 Å². The highest BCUT2D eigenvalue weighted by molar-refractivity contribution is 6.30. The summed E-state index contributed by atoms with van der Waals surface area (Å²) in [4.78, 5) is 34.7. The Labute approximate surface area is 199 Å². The quantitative estimate of drug-likeness (QED) is 0.189. The van der Waals surface area contributed by atoms with E-state index in [0.717, 1.165) is 16.6 Å². The number of aromatic amines is 1. The van der Waals surface area contributed by atoms with Crippen LogP contribution in [0, 0.1) is 0 Å². The summed E-state index contributed by atoms with van der Waals surface area (Å²) in [5.41, 5.74) is 1.93. The number of pyridine rings is 1. The van der Waals surface area contributed by atoms with Crippen LogP contribution in [0.5, 0.6) is 0 Å². The van der Waals surface area contributed by atoms with E-state index in [1.165, 1.54) is 6.33 Å². The average molecular weight is 486 g/mol. The number of hydrogen-bond donors (Lipinski definition) is 2. The third-order valence-electron chi connectivity index (χ3n) is 5.03. The zero-order chi connectivity index (χ0) is 23.9. The molecule has 3 heterocycles. The van der Waals surface area contributed by atoms with E-state index in [9.17, 15) is 9.59 Å². The molecule has 0 unspecified atom stereocenters. The molecule has 4 rings (SSSR count). The molecule has 3 aromatic heterocycles. The topological polar surface area (TPSA) is 120 Å². The zero-order valence-electron chi connectivity index (χ0n) is 18.5. The van der Waals surface area contributed by atoms with Gasteiger partial charge in [-0.25, -0.2) is 14.8 Å². The van der Waals surface area contributed by atoms with E-state index in [4.69, 9.17) is 25.8 Å². The lowest BCUT2D eigenvalue weighted by Crippen LogP contribution is -2.15. The third-order valence-corrected chi connectivity index (χ3v) is 5.23. The molecule has 0 radical (unpaired) electrons. The van der Waals surface area contributed by atoms with Gasteiger partial charge < -0.3 is 29.1 Å². The molecule has 0 amide bonds. The second-order valence-corrected chi connectivity index (χ2v) is 7.65. The number of esters is 1. The van der Waals surface area contributed by atoms with Crippen molar-refractivity contribution in [2.24, 2.45) is 0 Å². The Kier molecular flexibility index (Phi) is 7.73. The van der Waals surface area contributed by atoms with Gasteiger partial charge in [0.25, 0.3) is 5.56 Å². The molecule has 0 saturated carbocycles. The maximum atomic E-state index is 12.4. The smallest absolute Gasteiger partial charge is 0.332 e. The second-order valence-electron chi connectivity index (χ2n) is 7.26. The van der Waals surface area contributed by atoms with Crippen LogP contribution in [-0.4, -0.2) is 58.5 Å². The molecule has 178 valence electrons. The van der Waals surface area contributed by atoms with Gasteiger partial charge in [0.2, 0.25) is 0 Å². The molecule has 0 atom stereocenters. The normalized spacial score (nSPS) is 11.2. The summed E-state index contributed by atoms with van der Waals surface area (Å²) in [5.74, 6) is -0.0455. The number of H-pyrrole nitrogens is 1. The molecule has 0 aliphatic heterocycles. The summed E-state index contributed by atoms with van der Waals surface area (Å²) in [6.07, 6.45) is 3.30. The minimum atomic E-state index is -0.382. The van der Waals surface area contributed by atoms with E-state index in [-0.39, 0.29) is 23.3 Å². The number of fused-ring (bicyclic) bond motifs is 2. The van der Waals surface area contributed by atoms with E-state index in [1.807, 2.05) is 30.5 Å². The second kappa shape index (κ2) is 11.1. The fourth-order valence-electron chi connectivity index (χ4n) is 3.55. The SMILES string of the molecule is CCOC(=O)COCCOCCn1ccc2c(Nc3nc(Cl)cc4nc[nH]c(=O)c34)cccc21. The minimum Gasteiger partial charge on any atom is -0.464 e. The maximum Gasteiger partial charge on any atom is 0.332 e. The van der Waals surface area contributed by atoms with Crippen LogP contribution in [0.2, 0.25) is 5.15 Å². The van der Waals surface area contributed by atoms with Crippen LogP contribution in [0.15, 0.2) is 47.7 Å². The number of hydrogen-bond acceptors (Lipinski definition) is 8. The lowest BCUT2D eigenvalue weighted by Gasteiger charge is -2.11. The molecule has 11 heteroatoms. The summed E-state index contributed by atoms with van der Waals surface area (Å²) in [7, 11) is 0. The number of halogens is 1. The summed E-state index contributed by atoms with van der Waals surface area (Å²) >= 11 is 6.14. The summed E-state index contributed by atoms with van der Waals surface area (Å²) in [6, 6.07) is 9.36. The fraction of sp³-hybridized carbons (Fsp3) is 0.304. The van der Waals surface area contributed by atoms with Gasteiger partial charge in [-0.2, -0.15) is 0 Å². The Hall–Kier alpha value is -3.47. The Morgan fingerprint density at radius 3 is 2.91 bits per heavy atom. The molecule has 10 nitrogen and oxygen atoms in total. The molecule has 0 spiro atoms. The van der Waals surface area contributed by atoms with Crippen LogP contribution in [-0.2, 0) is 25.5 Å². The molecule has 0 bridgehead atoms. The first-order valence-corrected chi connectivity index (χ1v) is 11.1. The number of ether oxygens (including phenoxy) is 3. The molecular weight excluding hydrogens is 462 g/mol. The number of anilines is 2. The predicted molar refractivity (Wildman–Crippen MR) is 129 cm³/mol. The molecule has 2 N–H and O–H groups in total. The minimum absolute atomic E-state index is 0.0755. The van der Waals surface area contributed by atoms with Crippen LogP contribution >= 0.6 is 11.6 Å². The van der Waals surface area contributed by atoms with Gasteiger partial charge in [0.05, 0.1) is 43.8 Å². The van der Waals surface area contributed by atoms with Crippen molar-refractivity contribution < 1.29 is 19.0 Å². The van der Waals surface area contributed by atoms with Gasteiger partial charge in [-0.05, 0) is 25.1 Å². The van der Waals surface area contributed by atoms with Crippen molar-refractivity contribution in [3.8, 4) is 0 Å². The predicted octanol–water partition coefficient (Wildman–Crippen LogP) is 3.27. The molecule has 0 saturated heterocycles. The highest BCUT2D eigenvalue weighted by Crippen LogP contribution is 2.29. The van der Waals surface area contributed by atoms with Crippen LogP contribution in [0.1, 0.15) is 6.92 Å². The van der Waals surface area contributed by atoms with Crippen molar-refractivity contribution in [3.05, 3.63) is 58.4 Å². The summed E-state index contributed by atoms with van der Waals surface area (Å²) in [5, 5.41) is 4.77. The highest BCUT2D eigenvalue weighted by Gasteiger charge is 2.13. The molecule has 4 aromatic rings. The van der Waals surface area contributed by atoms with E-state index in [2.05, 4.69) is 24.8 Å². The van der Waals surface area contributed by atoms with Crippen LogP contribution in [0.4, 0.5) is 11.5 Å². The van der Waals surface area contributed by atoms with Gasteiger partial charge in [-0.3, -0.25) is 4.79 Å². The van der Waals surface area contributed by atoms with Crippen molar-refractivity contribution in [3.63, 3.8) is 0 Å². The van der Waals surface area contributed by atoms with Crippen molar-refractivity contribution in [2.75, 3.05) is 38.4 Å². The van der Waals surface area contributed by atoms with Gasteiger partial charge >= 0.3 is 5.97 Å². The molecule has 0 aliphatic carbocycles. The average Bonchev–Trinajstić information content (AvgIpc) is 3.22. The molecule has 34 heavy (non-hydrogen) atoms. The largest absolute Gasteiger partial charge is 0.464 e. The van der Waals surface area contributed by atoms with E-state index < -0.39 is 0 Å². The first-order chi connectivity index (χ1) is 16.6. The fourth-order valence-corrected chi connectivity index (χ4v) is 3.73. The first kappa shape index (κ1) is 23.7. The number of carbonyl (C=O) groups is 1. The highest BCUT2D eigenvalue weighted by atomic mass is 35.5. The summed E-state index contributed by atoms with van der Waals surface area (Å²) in [6.45, 7) is 3.81. The first-order valence-electron chi connectivity index (χ1n) is 10.8. The monoisotopic (exact) mass is 485 g/mol. The number of carbonyl (C=O) groups excluding carboxylic acids is 1. The molecule has 1 aromatic carbocycles.